The van der Waals surface area contributed by atoms with Crippen molar-refractivity contribution in [1.29, 1.82) is 0 Å². The molecule has 0 amide bonds. The normalized spacial score (nSPS) is 9.33. The Morgan fingerprint density at radius 3 is 2.25 bits per heavy atom. The van der Waals surface area contributed by atoms with Gasteiger partial charge in [0.25, 0.3) is 0 Å². The van der Waals surface area contributed by atoms with Gasteiger partial charge in [-0.25, -0.2) is 0 Å². The summed E-state index contributed by atoms with van der Waals surface area (Å²) in [7, 11) is 0. The first-order valence-corrected chi connectivity index (χ1v) is 3.54. The minimum Gasteiger partial charge on any atom is -0.508 e. The van der Waals surface area contributed by atoms with Crippen molar-refractivity contribution < 1.29 is 22.2 Å². The van der Waals surface area contributed by atoms with Crippen molar-refractivity contribution in [1.82, 2.24) is 0 Å². The summed E-state index contributed by atoms with van der Waals surface area (Å²) in [5.41, 5.74) is 0. The largest absolute Gasteiger partial charge is 0.508 e. The summed E-state index contributed by atoms with van der Waals surface area (Å²) in [6.07, 6.45) is 0. The molecule has 0 aromatic heterocycles. The van der Waals surface area contributed by atoms with E-state index in [0.29, 0.717) is 5.75 Å². The van der Waals surface area contributed by atoms with Crippen molar-refractivity contribution in [2.45, 2.75) is 0 Å². The summed E-state index contributed by atoms with van der Waals surface area (Å²) in [6.45, 7) is 0. The van der Waals surface area contributed by atoms with Crippen LogP contribution in [0, 0.1) is 0 Å². The summed E-state index contributed by atoms with van der Waals surface area (Å²) in [4.78, 5) is 0. The molecule has 0 fully saturated rings. The topological polar surface area (TPSA) is 20.2 Å². The van der Waals surface area contributed by atoms with E-state index >= 15 is 0 Å². The van der Waals surface area contributed by atoms with Gasteiger partial charge in [-0.3, -0.25) is 0 Å². The Bertz CT molecular complexity index is 384. The van der Waals surface area contributed by atoms with Crippen LogP contribution in [0.2, 0.25) is 0 Å². The van der Waals surface area contributed by atoms with Gasteiger partial charge in [0.05, 0.1) is 0 Å². The zero-order valence-corrected chi connectivity index (χ0v) is 7.55. The second-order valence-electron chi connectivity index (χ2n) is 2.53. The Balaban J connectivity index is 0.000000720. The third-order valence-corrected chi connectivity index (χ3v) is 1.73. The molecule has 0 aliphatic heterocycles. The van der Waals surface area contributed by atoms with Crippen LogP contribution in [-0.2, 0) is 17.1 Å². The Labute approximate surface area is 81.5 Å². The van der Waals surface area contributed by atoms with Gasteiger partial charge in [-0.15, -0.1) is 0 Å². The number of fused-ring (bicyclic) bond motifs is 1. The third-order valence-electron chi connectivity index (χ3n) is 1.73. The molecule has 2 aromatic carbocycles. The summed E-state index contributed by atoms with van der Waals surface area (Å²) >= 11 is 0. The Hall–Kier alpha value is -0.981. The van der Waals surface area contributed by atoms with E-state index in [1.165, 1.54) is 0 Å². The van der Waals surface area contributed by atoms with Gasteiger partial charge in [0.15, 0.2) is 0 Å². The van der Waals surface area contributed by atoms with E-state index in [2.05, 4.69) is 0 Å². The van der Waals surface area contributed by atoms with Gasteiger partial charge in [-0.1, -0.05) is 30.3 Å². The third kappa shape index (κ3) is 1.60. The van der Waals surface area contributed by atoms with Crippen LogP contribution in [0.5, 0.6) is 5.75 Å². The number of benzene rings is 2. The van der Waals surface area contributed by atoms with Crippen LogP contribution in [0.25, 0.3) is 10.8 Å². The molecule has 2 rings (SSSR count). The van der Waals surface area contributed by atoms with Crippen LogP contribution < -0.4 is 0 Å². The van der Waals surface area contributed by atoms with Crippen LogP contribution in [0.3, 0.4) is 0 Å². The van der Waals surface area contributed by atoms with Gasteiger partial charge in [0.2, 0.25) is 0 Å². The van der Waals surface area contributed by atoms with Gasteiger partial charge in [-0.2, -0.15) is 0 Å². The predicted molar refractivity (Wildman–Crippen MR) is 45.6 cm³/mol. The van der Waals surface area contributed by atoms with E-state index in [4.69, 9.17) is 5.11 Å². The van der Waals surface area contributed by atoms with Gasteiger partial charge in [0.1, 0.15) is 5.75 Å². The van der Waals surface area contributed by atoms with E-state index in [1.54, 1.807) is 12.1 Å². The fourth-order valence-electron chi connectivity index (χ4n) is 1.18. The van der Waals surface area contributed by atoms with Crippen molar-refractivity contribution in [2.24, 2.45) is 0 Å². The molecule has 2 heteroatoms. The number of hydrogen-bond donors (Lipinski definition) is 1. The summed E-state index contributed by atoms with van der Waals surface area (Å²) in [6, 6.07) is 13.3. The fourth-order valence-corrected chi connectivity index (χ4v) is 1.18. The quantitative estimate of drug-likeness (QED) is 0.646. The smallest absolute Gasteiger partial charge is 0.116 e. The molecule has 1 N–H and O–H groups in total. The predicted octanol–water partition coefficient (Wildman–Crippen LogP) is 2.54. The molecule has 0 unspecified atom stereocenters. The Morgan fingerprint density at radius 2 is 1.50 bits per heavy atom. The van der Waals surface area contributed by atoms with Crippen LogP contribution in [-0.4, -0.2) is 5.11 Å². The standard InChI is InChI=1S/C10H8O.Mn/c11-10-6-5-8-3-1-2-4-9(8)7-10;/h1-7,11H;. The molecule has 61 valence electrons. The van der Waals surface area contributed by atoms with Crippen LogP contribution in [0.4, 0.5) is 0 Å². The van der Waals surface area contributed by atoms with E-state index in [9.17, 15) is 0 Å². The molecule has 1 nitrogen and oxygen atoms in total. The molecule has 12 heavy (non-hydrogen) atoms. The first-order chi connectivity index (χ1) is 5.36. The molecular weight excluding hydrogens is 191 g/mol. The summed E-state index contributed by atoms with van der Waals surface area (Å²) in [5.74, 6) is 0.323. The van der Waals surface area contributed by atoms with Crippen molar-refractivity contribution in [2.75, 3.05) is 0 Å². The molecule has 0 atom stereocenters. The molecule has 0 spiro atoms. The molecule has 1 radical (unpaired) electrons. The van der Waals surface area contributed by atoms with Crippen LogP contribution >= 0.6 is 0 Å². The van der Waals surface area contributed by atoms with Gasteiger partial charge in [0, 0.05) is 17.1 Å². The molecule has 0 saturated heterocycles. The summed E-state index contributed by atoms with van der Waals surface area (Å²) < 4.78 is 0. The van der Waals surface area contributed by atoms with Gasteiger partial charge < -0.3 is 5.11 Å². The average molecular weight is 199 g/mol. The van der Waals surface area contributed by atoms with E-state index in [1.807, 2.05) is 30.3 Å². The summed E-state index contributed by atoms with van der Waals surface area (Å²) in [5, 5.41) is 11.4. The number of phenols is 1. The minimum atomic E-state index is 0. The van der Waals surface area contributed by atoms with Crippen molar-refractivity contribution >= 4 is 10.8 Å². The number of rotatable bonds is 0. The zero-order chi connectivity index (χ0) is 7.68. The van der Waals surface area contributed by atoms with E-state index in [0.717, 1.165) is 10.8 Å². The maximum absolute atomic E-state index is 9.13. The first-order valence-electron chi connectivity index (χ1n) is 3.54. The van der Waals surface area contributed by atoms with Crippen LogP contribution in [0.15, 0.2) is 42.5 Å². The van der Waals surface area contributed by atoms with Crippen molar-refractivity contribution in [3.05, 3.63) is 42.5 Å². The van der Waals surface area contributed by atoms with Crippen LogP contribution in [0.1, 0.15) is 0 Å². The fraction of sp³-hybridized carbons (Fsp3) is 0. The minimum absolute atomic E-state index is 0. The van der Waals surface area contributed by atoms with E-state index in [-0.39, 0.29) is 17.1 Å². The molecule has 2 aromatic rings. The molecule has 0 aliphatic rings. The number of hydrogen-bond acceptors (Lipinski definition) is 1. The maximum atomic E-state index is 9.13. The number of phenolic OH excluding ortho intramolecular Hbond substituents is 1. The van der Waals surface area contributed by atoms with Gasteiger partial charge >= 0.3 is 0 Å². The molecule has 0 bridgehead atoms. The second-order valence-corrected chi connectivity index (χ2v) is 2.53. The van der Waals surface area contributed by atoms with E-state index < -0.39 is 0 Å². The monoisotopic (exact) mass is 199 g/mol. The number of aromatic hydroxyl groups is 1. The molecule has 0 aliphatic carbocycles. The van der Waals surface area contributed by atoms with Crippen molar-refractivity contribution in [3.8, 4) is 5.75 Å². The zero-order valence-electron chi connectivity index (χ0n) is 6.37. The van der Waals surface area contributed by atoms with Crippen molar-refractivity contribution in [3.63, 3.8) is 0 Å². The average Bonchev–Trinajstić information content (AvgIpc) is 2.04. The van der Waals surface area contributed by atoms with Gasteiger partial charge in [-0.05, 0) is 22.9 Å². The Morgan fingerprint density at radius 1 is 0.833 bits per heavy atom. The second kappa shape index (κ2) is 3.61. The Kier molecular flexibility index (Phi) is 2.74. The SMILES string of the molecule is Oc1ccc2ccccc2c1.[Mn]. The maximum Gasteiger partial charge on any atom is 0.116 e. The molecular formula is C10H8MnO. The molecule has 0 heterocycles. The first kappa shape index (κ1) is 9.11. The molecule has 0 saturated carbocycles.